The van der Waals surface area contributed by atoms with Crippen LogP contribution < -0.4 is 10.1 Å². The van der Waals surface area contributed by atoms with Crippen molar-refractivity contribution < 1.29 is 9.53 Å². The van der Waals surface area contributed by atoms with Gasteiger partial charge < -0.3 is 10.1 Å². The molecular formula is C14H22N2O2S. The highest BCUT2D eigenvalue weighted by Gasteiger charge is 2.24. The Morgan fingerprint density at radius 3 is 3.11 bits per heavy atom. The molecule has 19 heavy (non-hydrogen) atoms. The summed E-state index contributed by atoms with van der Waals surface area (Å²) in [6.45, 7) is 7.07. The van der Waals surface area contributed by atoms with Gasteiger partial charge in [-0.1, -0.05) is 6.92 Å². The fourth-order valence-electron chi connectivity index (χ4n) is 2.70. The largest absolute Gasteiger partial charge is 0.495 e. The number of carbonyl (C=O) groups is 1. The fourth-order valence-corrected chi connectivity index (χ4v) is 3.51. The van der Waals surface area contributed by atoms with Gasteiger partial charge in [0.1, 0.15) is 5.75 Å². The van der Waals surface area contributed by atoms with Crippen LogP contribution in [0.4, 0.5) is 0 Å². The van der Waals surface area contributed by atoms with Gasteiger partial charge >= 0.3 is 0 Å². The zero-order chi connectivity index (χ0) is 13.8. The van der Waals surface area contributed by atoms with E-state index in [0.29, 0.717) is 17.4 Å². The van der Waals surface area contributed by atoms with Gasteiger partial charge in [0, 0.05) is 22.8 Å². The number of carbonyl (C=O) groups excluding carboxylic acids is 1. The number of aryl methyl sites for hydroxylation is 1. The summed E-state index contributed by atoms with van der Waals surface area (Å²) in [4.78, 5) is 15.7. The molecule has 1 aliphatic heterocycles. The topological polar surface area (TPSA) is 41.6 Å². The molecule has 1 aliphatic rings. The Labute approximate surface area is 118 Å². The Kier molecular flexibility index (Phi) is 4.82. The summed E-state index contributed by atoms with van der Waals surface area (Å²) in [5.41, 5.74) is 0.658. The van der Waals surface area contributed by atoms with E-state index in [1.54, 1.807) is 18.4 Å². The molecule has 2 heterocycles. The Morgan fingerprint density at radius 1 is 1.63 bits per heavy atom. The van der Waals surface area contributed by atoms with Crippen molar-refractivity contribution in [3.8, 4) is 5.75 Å². The number of ether oxygens (including phenoxy) is 1. The fraction of sp³-hybridized carbons (Fsp3) is 0.643. The average Bonchev–Trinajstić information content (AvgIpc) is 3.01. The second-order valence-electron chi connectivity index (χ2n) is 4.87. The number of nitrogens with zero attached hydrogens (tertiary/aromatic N) is 1. The molecule has 5 heteroatoms. The summed E-state index contributed by atoms with van der Waals surface area (Å²) in [6.07, 6.45) is 2.41. The minimum Gasteiger partial charge on any atom is -0.495 e. The molecule has 1 aromatic heterocycles. The highest BCUT2D eigenvalue weighted by molar-refractivity contribution is 7.10. The molecule has 0 aliphatic carbocycles. The number of amides is 1. The van der Waals surface area contributed by atoms with E-state index in [4.69, 9.17) is 4.74 Å². The van der Waals surface area contributed by atoms with Crippen LogP contribution in [0.2, 0.25) is 0 Å². The van der Waals surface area contributed by atoms with Crippen LogP contribution in [0.1, 0.15) is 35.0 Å². The van der Waals surface area contributed by atoms with Crippen LogP contribution in [-0.4, -0.2) is 43.6 Å². The zero-order valence-corrected chi connectivity index (χ0v) is 12.7. The van der Waals surface area contributed by atoms with Crippen molar-refractivity contribution in [2.45, 2.75) is 32.7 Å². The summed E-state index contributed by atoms with van der Waals surface area (Å²) in [5, 5.41) is 4.91. The number of methoxy groups -OCH3 is 1. The predicted octanol–water partition coefficient (Wildman–Crippen LogP) is 2.28. The van der Waals surface area contributed by atoms with Crippen molar-refractivity contribution in [2.75, 3.05) is 26.7 Å². The standard InChI is InChI=1S/C14H22N2O2S/c1-4-16-7-5-6-11(16)8-15-14(17)12-9-19-10(2)13(12)18-3/h9,11H,4-8H2,1-3H3,(H,15,17). The maximum absolute atomic E-state index is 12.2. The lowest BCUT2D eigenvalue weighted by atomic mass is 10.2. The van der Waals surface area contributed by atoms with Crippen molar-refractivity contribution in [3.63, 3.8) is 0 Å². The van der Waals surface area contributed by atoms with Gasteiger partial charge in [0.15, 0.2) is 0 Å². The molecule has 1 aromatic rings. The van der Waals surface area contributed by atoms with Crippen molar-refractivity contribution in [2.24, 2.45) is 0 Å². The number of hydrogen-bond donors (Lipinski definition) is 1. The lowest BCUT2D eigenvalue weighted by Gasteiger charge is -2.22. The first kappa shape index (κ1) is 14.3. The molecule has 1 saturated heterocycles. The predicted molar refractivity (Wildman–Crippen MR) is 78.2 cm³/mol. The van der Waals surface area contributed by atoms with Gasteiger partial charge in [-0.05, 0) is 32.9 Å². The van der Waals surface area contributed by atoms with E-state index < -0.39 is 0 Å². The number of likely N-dealkylation sites (tertiary alicyclic amines) is 1. The van der Waals surface area contributed by atoms with Crippen LogP contribution in [0.15, 0.2) is 5.38 Å². The summed E-state index contributed by atoms with van der Waals surface area (Å²) in [5.74, 6) is 0.686. The molecule has 4 nitrogen and oxygen atoms in total. The van der Waals surface area contributed by atoms with Crippen molar-refractivity contribution in [3.05, 3.63) is 15.8 Å². The van der Waals surface area contributed by atoms with E-state index in [0.717, 1.165) is 24.5 Å². The Balaban J connectivity index is 1.94. The van der Waals surface area contributed by atoms with Crippen LogP contribution in [-0.2, 0) is 0 Å². The maximum atomic E-state index is 12.2. The quantitative estimate of drug-likeness (QED) is 0.901. The van der Waals surface area contributed by atoms with Crippen molar-refractivity contribution in [1.82, 2.24) is 10.2 Å². The molecule has 0 radical (unpaired) electrons. The van der Waals surface area contributed by atoms with Gasteiger partial charge in [-0.25, -0.2) is 0 Å². The van der Waals surface area contributed by atoms with E-state index >= 15 is 0 Å². The van der Waals surface area contributed by atoms with E-state index in [1.807, 2.05) is 12.3 Å². The van der Waals surface area contributed by atoms with Gasteiger partial charge in [0.2, 0.25) is 0 Å². The third-order valence-electron chi connectivity index (χ3n) is 3.77. The molecule has 1 unspecified atom stereocenters. The first-order valence-corrected chi connectivity index (χ1v) is 7.69. The second-order valence-corrected chi connectivity index (χ2v) is 5.96. The van der Waals surface area contributed by atoms with E-state index in [1.165, 1.54) is 12.8 Å². The average molecular weight is 282 g/mol. The van der Waals surface area contributed by atoms with E-state index in [9.17, 15) is 4.79 Å². The van der Waals surface area contributed by atoms with Crippen LogP contribution in [0.3, 0.4) is 0 Å². The van der Waals surface area contributed by atoms with Gasteiger partial charge in [-0.15, -0.1) is 11.3 Å². The molecule has 0 bridgehead atoms. The number of rotatable bonds is 5. The monoisotopic (exact) mass is 282 g/mol. The lowest BCUT2D eigenvalue weighted by molar-refractivity contribution is 0.0939. The SMILES string of the molecule is CCN1CCCC1CNC(=O)c1csc(C)c1OC. The highest BCUT2D eigenvalue weighted by Crippen LogP contribution is 2.29. The van der Waals surface area contributed by atoms with Gasteiger partial charge in [-0.3, -0.25) is 9.69 Å². The Hall–Kier alpha value is -1.07. The highest BCUT2D eigenvalue weighted by atomic mass is 32.1. The van der Waals surface area contributed by atoms with Gasteiger partial charge in [-0.2, -0.15) is 0 Å². The minimum atomic E-state index is -0.0239. The van der Waals surface area contributed by atoms with E-state index in [2.05, 4.69) is 17.1 Å². The minimum absolute atomic E-state index is 0.0239. The molecule has 1 N–H and O–H groups in total. The molecule has 106 valence electrons. The molecule has 0 spiro atoms. The van der Waals surface area contributed by atoms with Gasteiger partial charge in [0.25, 0.3) is 5.91 Å². The number of nitrogens with one attached hydrogen (secondary N) is 1. The summed E-state index contributed by atoms with van der Waals surface area (Å²) < 4.78 is 5.29. The smallest absolute Gasteiger partial charge is 0.255 e. The molecule has 2 rings (SSSR count). The number of likely N-dealkylation sites (N-methyl/N-ethyl adjacent to an activating group) is 1. The van der Waals surface area contributed by atoms with Crippen LogP contribution in [0.5, 0.6) is 5.75 Å². The first-order valence-electron chi connectivity index (χ1n) is 6.81. The molecule has 0 saturated carbocycles. The van der Waals surface area contributed by atoms with Crippen LogP contribution in [0.25, 0.3) is 0 Å². The first-order chi connectivity index (χ1) is 9.17. The molecule has 1 amide bonds. The molecular weight excluding hydrogens is 260 g/mol. The summed E-state index contributed by atoms with van der Waals surface area (Å²) >= 11 is 1.55. The number of thiophene rings is 1. The summed E-state index contributed by atoms with van der Waals surface area (Å²) in [7, 11) is 1.61. The zero-order valence-electron chi connectivity index (χ0n) is 11.9. The van der Waals surface area contributed by atoms with Crippen molar-refractivity contribution in [1.29, 1.82) is 0 Å². The van der Waals surface area contributed by atoms with Crippen LogP contribution in [0, 0.1) is 6.92 Å². The Bertz CT molecular complexity index is 445. The van der Waals surface area contributed by atoms with E-state index in [-0.39, 0.29) is 5.91 Å². The van der Waals surface area contributed by atoms with Crippen LogP contribution >= 0.6 is 11.3 Å². The lowest BCUT2D eigenvalue weighted by Crippen LogP contribution is -2.40. The third kappa shape index (κ3) is 3.09. The maximum Gasteiger partial charge on any atom is 0.255 e. The molecule has 1 atom stereocenters. The summed E-state index contributed by atoms with van der Waals surface area (Å²) in [6, 6.07) is 0.486. The van der Waals surface area contributed by atoms with Gasteiger partial charge in [0.05, 0.1) is 12.7 Å². The molecule has 1 fully saturated rings. The Morgan fingerprint density at radius 2 is 2.42 bits per heavy atom. The second kappa shape index (κ2) is 6.39. The van der Waals surface area contributed by atoms with Crippen molar-refractivity contribution >= 4 is 17.2 Å². The number of hydrogen-bond acceptors (Lipinski definition) is 4. The molecule has 0 aromatic carbocycles. The normalized spacial score (nSPS) is 19.6. The third-order valence-corrected chi connectivity index (χ3v) is 4.66.